The lowest BCUT2D eigenvalue weighted by atomic mass is 10.3. The molecular formula is C13H16N2OS. The first-order valence-corrected chi connectivity index (χ1v) is 6.31. The Kier molecular flexibility index (Phi) is 3.64. The molecule has 90 valence electrons. The maximum atomic E-state index is 5.18. The number of aromatic nitrogens is 1. The van der Waals surface area contributed by atoms with E-state index in [-0.39, 0.29) is 0 Å². The molecule has 17 heavy (non-hydrogen) atoms. The van der Waals surface area contributed by atoms with Gasteiger partial charge in [-0.1, -0.05) is 6.07 Å². The van der Waals surface area contributed by atoms with Crippen LogP contribution in [0.25, 0.3) is 0 Å². The second-order valence-electron chi connectivity index (χ2n) is 3.83. The molecule has 2 aromatic rings. The molecular weight excluding hydrogens is 232 g/mol. The summed E-state index contributed by atoms with van der Waals surface area (Å²) < 4.78 is 5.18. The average Bonchev–Trinajstić information content (AvgIpc) is 2.65. The smallest absolute Gasteiger partial charge is 0.120 e. The number of hydrogen-bond acceptors (Lipinski definition) is 4. The van der Waals surface area contributed by atoms with E-state index in [2.05, 4.69) is 10.3 Å². The van der Waals surface area contributed by atoms with E-state index in [0.717, 1.165) is 28.7 Å². The molecule has 0 saturated carbocycles. The van der Waals surface area contributed by atoms with E-state index >= 15 is 0 Å². The zero-order chi connectivity index (χ0) is 12.3. The second-order valence-corrected chi connectivity index (χ2v) is 5.11. The first-order valence-electron chi connectivity index (χ1n) is 5.50. The van der Waals surface area contributed by atoms with Gasteiger partial charge in [-0.15, -0.1) is 11.3 Å². The SMILES string of the molecule is COc1cccc(NCc2sc(C)nc2C)c1. The lowest BCUT2D eigenvalue weighted by Crippen LogP contribution is -1.99. The molecule has 4 heteroatoms. The van der Waals surface area contributed by atoms with Crippen molar-refractivity contribution in [2.45, 2.75) is 20.4 Å². The molecule has 1 aromatic heterocycles. The first-order chi connectivity index (χ1) is 8.19. The van der Waals surface area contributed by atoms with Gasteiger partial charge >= 0.3 is 0 Å². The van der Waals surface area contributed by atoms with Crippen molar-refractivity contribution in [1.29, 1.82) is 0 Å². The minimum absolute atomic E-state index is 0.810. The normalized spacial score (nSPS) is 10.3. The Morgan fingerprint density at radius 3 is 2.82 bits per heavy atom. The van der Waals surface area contributed by atoms with E-state index in [9.17, 15) is 0 Å². The van der Waals surface area contributed by atoms with Crippen molar-refractivity contribution in [2.75, 3.05) is 12.4 Å². The summed E-state index contributed by atoms with van der Waals surface area (Å²) in [5, 5.41) is 4.50. The Balaban J connectivity index is 2.04. The molecule has 0 bridgehead atoms. The number of anilines is 1. The van der Waals surface area contributed by atoms with Crippen LogP contribution < -0.4 is 10.1 Å². The molecule has 0 atom stereocenters. The largest absolute Gasteiger partial charge is 0.497 e. The third-order valence-electron chi connectivity index (χ3n) is 2.52. The topological polar surface area (TPSA) is 34.1 Å². The molecule has 0 radical (unpaired) electrons. The number of hydrogen-bond donors (Lipinski definition) is 1. The Morgan fingerprint density at radius 1 is 1.35 bits per heavy atom. The van der Waals surface area contributed by atoms with Gasteiger partial charge in [-0.2, -0.15) is 0 Å². The van der Waals surface area contributed by atoms with Gasteiger partial charge in [-0.25, -0.2) is 4.98 Å². The molecule has 0 aliphatic rings. The number of nitrogens with zero attached hydrogens (tertiary/aromatic N) is 1. The molecule has 0 aliphatic carbocycles. The first kappa shape index (κ1) is 11.9. The van der Waals surface area contributed by atoms with Crippen LogP contribution in [0.5, 0.6) is 5.75 Å². The average molecular weight is 248 g/mol. The van der Waals surface area contributed by atoms with Crippen molar-refractivity contribution >= 4 is 17.0 Å². The summed E-state index contributed by atoms with van der Waals surface area (Å²) in [6.45, 7) is 4.89. The van der Waals surface area contributed by atoms with E-state index in [1.165, 1.54) is 4.88 Å². The van der Waals surface area contributed by atoms with Crippen molar-refractivity contribution < 1.29 is 4.74 Å². The van der Waals surface area contributed by atoms with E-state index in [1.807, 2.05) is 38.1 Å². The summed E-state index contributed by atoms with van der Waals surface area (Å²) in [5.74, 6) is 0.868. The lowest BCUT2D eigenvalue weighted by molar-refractivity contribution is 0.415. The van der Waals surface area contributed by atoms with Crippen LogP contribution in [0, 0.1) is 13.8 Å². The molecule has 2 rings (SSSR count). The fourth-order valence-corrected chi connectivity index (χ4v) is 2.53. The molecule has 0 saturated heterocycles. The zero-order valence-electron chi connectivity index (χ0n) is 10.3. The third-order valence-corrected chi connectivity index (χ3v) is 3.60. The Morgan fingerprint density at radius 2 is 2.18 bits per heavy atom. The van der Waals surface area contributed by atoms with E-state index < -0.39 is 0 Å². The molecule has 0 aliphatic heterocycles. The maximum Gasteiger partial charge on any atom is 0.120 e. The molecule has 0 unspecified atom stereocenters. The van der Waals surface area contributed by atoms with Crippen LogP contribution in [-0.4, -0.2) is 12.1 Å². The number of aryl methyl sites for hydroxylation is 2. The van der Waals surface area contributed by atoms with Crippen LogP contribution >= 0.6 is 11.3 Å². The van der Waals surface area contributed by atoms with Crippen LogP contribution in [-0.2, 0) is 6.54 Å². The van der Waals surface area contributed by atoms with Crippen molar-refractivity contribution in [1.82, 2.24) is 4.98 Å². The number of ether oxygens (including phenoxy) is 1. The summed E-state index contributed by atoms with van der Waals surface area (Å²) in [4.78, 5) is 5.69. The van der Waals surface area contributed by atoms with Crippen molar-refractivity contribution in [3.63, 3.8) is 0 Å². The highest BCUT2D eigenvalue weighted by atomic mass is 32.1. The van der Waals surface area contributed by atoms with Crippen LogP contribution in [0.1, 0.15) is 15.6 Å². The molecule has 3 nitrogen and oxygen atoms in total. The van der Waals surface area contributed by atoms with Crippen LogP contribution in [0.15, 0.2) is 24.3 Å². The summed E-state index contributed by atoms with van der Waals surface area (Å²) in [5.41, 5.74) is 2.18. The lowest BCUT2D eigenvalue weighted by Gasteiger charge is -2.07. The van der Waals surface area contributed by atoms with E-state index in [1.54, 1.807) is 18.4 Å². The van der Waals surface area contributed by atoms with Crippen molar-refractivity contribution in [3.05, 3.63) is 39.8 Å². The van der Waals surface area contributed by atoms with Gasteiger partial charge < -0.3 is 10.1 Å². The van der Waals surface area contributed by atoms with Gasteiger partial charge in [-0.3, -0.25) is 0 Å². The molecule has 0 amide bonds. The second kappa shape index (κ2) is 5.19. The zero-order valence-corrected chi connectivity index (χ0v) is 11.1. The van der Waals surface area contributed by atoms with Gasteiger partial charge in [0, 0.05) is 16.6 Å². The molecule has 1 N–H and O–H groups in total. The number of methoxy groups -OCH3 is 1. The van der Waals surface area contributed by atoms with Gasteiger partial charge in [0.15, 0.2) is 0 Å². The Bertz CT molecular complexity index is 508. The van der Waals surface area contributed by atoms with Gasteiger partial charge in [0.05, 0.1) is 24.4 Å². The molecule has 1 aromatic carbocycles. The number of nitrogens with one attached hydrogen (secondary N) is 1. The monoisotopic (exact) mass is 248 g/mol. The van der Waals surface area contributed by atoms with Gasteiger partial charge in [0.25, 0.3) is 0 Å². The van der Waals surface area contributed by atoms with Crippen LogP contribution in [0.3, 0.4) is 0 Å². The van der Waals surface area contributed by atoms with Crippen LogP contribution in [0.4, 0.5) is 5.69 Å². The van der Waals surface area contributed by atoms with E-state index in [0.29, 0.717) is 0 Å². The summed E-state index contributed by atoms with van der Waals surface area (Å²) >= 11 is 1.74. The summed E-state index contributed by atoms with van der Waals surface area (Å²) in [6.07, 6.45) is 0. The fraction of sp³-hybridized carbons (Fsp3) is 0.308. The fourth-order valence-electron chi connectivity index (χ4n) is 1.65. The number of thiazole rings is 1. The number of rotatable bonds is 4. The summed E-state index contributed by atoms with van der Waals surface area (Å²) in [7, 11) is 1.68. The van der Waals surface area contributed by atoms with Crippen LogP contribution in [0.2, 0.25) is 0 Å². The van der Waals surface area contributed by atoms with E-state index in [4.69, 9.17) is 4.74 Å². The quantitative estimate of drug-likeness (QED) is 0.900. The van der Waals surface area contributed by atoms with Gasteiger partial charge in [-0.05, 0) is 26.0 Å². The molecule has 0 fully saturated rings. The Labute approximate surface area is 105 Å². The summed E-state index contributed by atoms with van der Waals surface area (Å²) in [6, 6.07) is 7.94. The minimum atomic E-state index is 0.810. The minimum Gasteiger partial charge on any atom is -0.497 e. The highest BCUT2D eigenvalue weighted by Crippen LogP contribution is 2.21. The van der Waals surface area contributed by atoms with Gasteiger partial charge in [0.1, 0.15) is 5.75 Å². The maximum absolute atomic E-state index is 5.18. The highest BCUT2D eigenvalue weighted by molar-refractivity contribution is 7.11. The third kappa shape index (κ3) is 2.97. The van der Waals surface area contributed by atoms with Crippen molar-refractivity contribution in [2.24, 2.45) is 0 Å². The Hall–Kier alpha value is -1.55. The van der Waals surface area contributed by atoms with Gasteiger partial charge in [0.2, 0.25) is 0 Å². The predicted molar refractivity (Wildman–Crippen MR) is 71.9 cm³/mol. The molecule has 0 spiro atoms. The standard InChI is InChI=1S/C13H16N2OS/c1-9-13(17-10(2)15-9)8-14-11-5-4-6-12(7-11)16-3/h4-7,14H,8H2,1-3H3. The highest BCUT2D eigenvalue weighted by Gasteiger charge is 2.04. The van der Waals surface area contributed by atoms with Crippen molar-refractivity contribution in [3.8, 4) is 5.75 Å². The molecule has 1 heterocycles. The predicted octanol–water partition coefficient (Wildman–Crippen LogP) is 3.38. The number of benzene rings is 1.